The number of carbonyl (C=O) groups is 1. The van der Waals surface area contributed by atoms with Crippen molar-refractivity contribution in [3.05, 3.63) is 44.9 Å². The Morgan fingerprint density at radius 2 is 2.19 bits per heavy atom. The number of nitrogens with one attached hydrogen (secondary N) is 1. The van der Waals surface area contributed by atoms with Crippen LogP contribution in [0.25, 0.3) is 0 Å². The SMILES string of the molecule is CCn1[nH]cc(C(=O)C2=CC(=S(=O)=O)C(C)C(C3=NOCC3)=C2C)c1=O. The Labute approximate surface area is 151 Å². The average Bonchev–Trinajstić information content (AvgIpc) is 3.24. The van der Waals surface area contributed by atoms with E-state index in [0.717, 1.165) is 0 Å². The number of Topliss-reactive ketones (excluding diaryl/α,β-unsaturated/α-hetero) is 1. The number of H-pyrrole nitrogens is 1. The quantitative estimate of drug-likeness (QED) is 0.624. The standard InChI is InChI=1S/C17H19N3O5S/c1-4-20-17(22)12(8-18-20)16(21)11-7-14(26(23)24)10(3)15(9(11)2)13-5-6-25-19-13/h7-8,10,18H,4-6H2,1-3H3. The van der Waals surface area contributed by atoms with Gasteiger partial charge in [-0.15, -0.1) is 0 Å². The largest absolute Gasteiger partial charge is 0.395 e. The fraction of sp³-hybridized carbons (Fsp3) is 0.412. The highest BCUT2D eigenvalue weighted by atomic mass is 32.2. The van der Waals surface area contributed by atoms with Gasteiger partial charge in [0.15, 0.2) is 5.78 Å². The lowest BCUT2D eigenvalue weighted by atomic mass is 9.79. The van der Waals surface area contributed by atoms with E-state index < -0.39 is 27.6 Å². The minimum absolute atomic E-state index is 0.0213. The molecule has 0 amide bonds. The molecule has 3 rings (SSSR count). The van der Waals surface area contributed by atoms with Gasteiger partial charge in [0, 0.05) is 30.7 Å². The lowest BCUT2D eigenvalue weighted by Crippen LogP contribution is -2.28. The molecule has 1 aromatic rings. The molecule has 2 heterocycles. The molecule has 0 saturated heterocycles. The summed E-state index contributed by atoms with van der Waals surface area (Å²) in [4.78, 5) is 30.4. The first-order valence-corrected chi connectivity index (χ1v) is 9.35. The third kappa shape index (κ3) is 2.88. The van der Waals surface area contributed by atoms with Crippen LogP contribution in [0.4, 0.5) is 0 Å². The van der Waals surface area contributed by atoms with E-state index in [1.54, 1.807) is 20.8 Å². The van der Waals surface area contributed by atoms with Crippen molar-refractivity contribution in [3.8, 4) is 0 Å². The molecule has 1 aliphatic carbocycles. The summed E-state index contributed by atoms with van der Waals surface area (Å²) in [7, 11) is -2.50. The predicted molar refractivity (Wildman–Crippen MR) is 96.9 cm³/mol. The van der Waals surface area contributed by atoms with Gasteiger partial charge in [-0.1, -0.05) is 12.1 Å². The van der Waals surface area contributed by atoms with Gasteiger partial charge >= 0.3 is 0 Å². The van der Waals surface area contributed by atoms with Crippen molar-refractivity contribution < 1.29 is 18.0 Å². The van der Waals surface area contributed by atoms with Crippen LogP contribution >= 0.6 is 0 Å². The van der Waals surface area contributed by atoms with Crippen molar-refractivity contribution in [1.29, 1.82) is 0 Å². The van der Waals surface area contributed by atoms with Crippen LogP contribution in [0.15, 0.2) is 38.9 Å². The number of hydrogen-bond acceptors (Lipinski definition) is 6. The van der Waals surface area contributed by atoms with Crippen molar-refractivity contribution in [2.75, 3.05) is 6.61 Å². The van der Waals surface area contributed by atoms with Crippen LogP contribution in [-0.4, -0.2) is 41.2 Å². The summed E-state index contributed by atoms with van der Waals surface area (Å²) in [5.74, 6) is -0.952. The van der Waals surface area contributed by atoms with Gasteiger partial charge in [0.05, 0.1) is 10.6 Å². The maximum absolute atomic E-state index is 13.0. The van der Waals surface area contributed by atoms with Gasteiger partial charge in [-0.3, -0.25) is 14.3 Å². The first-order valence-electron chi connectivity index (χ1n) is 8.27. The molecule has 1 unspecified atom stereocenters. The summed E-state index contributed by atoms with van der Waals surface area (Å²) >= 11 is 0. The van der Waals surface area contributed by atoms with Crippen molar-refractivity contribution in [1.82, 2.24) is 9.78 Å². The first kappa shape index (κ1) is 18.1. The Kier molecular flexibility index (Phi) is 4.82. The molecule has 0 spiro atoms. The van der Waals surface area contributed by atoms with E-state index >= 15 is 0 Å². The fourth-order valence-corrected chi connectivity index (χ4v) is 3.95. The minimum atomic E-state index is -2.50. The molecule has 1 aromatic heterocycles. The Hall–Kier alpha value is -2.68. The zero-order valence-electron chi connectivity index (χ0n) is 14.7. The second kappa shape index (κ2) is 6.91. The number of hydrogen-bond donors (Lipinski definition) is 1. The normalized spacial score (nSPS) is 20.0. The van der Waals surface area contributed by atoms with Gasteiger partial charge in [-0.2, -0.15) is 8.42 Å². The van der Waals surface area contributed by atoms with E-state index in [0.29, 0.717) is 36.4 Å². The highest BCUT2D eigenvalue weighted by Gasteiger charge is 2.33. The zero-order valence-corrected chi connectivity index (χ0v) is 15.5. The number of allylic oxidation sites excluding steroid dienone is 4. The summed E-state index contributed by atoms with van der Waals surface area (Å²) in [6.07, 6.45) is 3.25. The maximum Gasteiger partial charge on any atom is 0.277 e. The van der Waals surface area contributed by atoms with Gasteiger partial charge in [-0.25, -0.2) is 0 Å². The van der Waals surface area contributed by atoms with E-state index in [1.807, 2.05) is 0 Å². The summed E-state index contributed by atoms with van der Waals surface area (Å²) in [5.41, 5.74) is 1.65. The maximum atomic E-state index is 13.0. The molecule has 138 valence electrons. The van der Waals surface area contributed by atoms with Gasteiger partial charge in [0.25, 0.3) is 5.56 Å². The Balaban J connectivity index is 2.19. The van der Waals surface area contributed by atoms with Crippen LogP contribution in [0.5, 0.6) is 0 Å². The minimum Gasteiger partial charge on any atom is -0.395 e. The van der Waals surface area contributed by atoms with Crippen molar-refractivity contribution in [3.63, 3.8) is 0 Å². The molecule has 1 N–H and O–H groups in total. The molecule has 26 heavy (non-hydrogen) atoms. The summed E-state index contributed by atoms with van der Waals surface area (Å²) in [6.45, 7) is 6.09. The molecular weight excluding hydrogens is 358 g/mol. The number of carbonyl (C=O) groups excluding carboxylic acids is 1. The molecule has 0 radical (unpaired) electrons. The molecule has 0 saturated carbocycles. The summed E-state index contributed by atoms with van der Waals surface area (Å²) in [5, 5.41) is 6.72. The van der Waals surface area contributed by atoms with E-state index in [4.69, 9.17) is 4.84 Å². The Morgan fingerprint density at radius 1 is 1.46 bits per heavy atom. The van der Waals surface area contributed by atoms with E-state index in [1.165, 1.54) is 17.0 Å². The monoisotopic (exact) mass is 377 g/mol. The smallest absolute Gasteiger partial charge is 0.277 e. The molecule has 0 fully saturated rings. The van der Waals surface area contributed by atoms with Crippen LogP contribution in [0, 0.1) is 5.92 Å². The molecule has 0 aromatic carbocycles. The molecule has 8 nitrogen and oxygen atoms in total. The predicted octanol–water partition coefficient (Wildman–Crippen LogP) is 1.10. The number of aromatic amines is 1. The van der Waals surface area contributed by atoms with E-state index in [2.05, 4.69) is 10.3 Å². The summed E-state index contributed by atoms with van der Waals surface area (Å²) in [6, 6.07) is 0. The van der Waals surface area contributed by atoms with Gasteiger partial charge in [0.2, 0.25) is 10.3 Å². The van der Waals surface area contributed by atoms with Crippen LogP contribution in [-0.2, 0) is 21.7 Å². The molecule has 9 heteroatoms. The van der Waals surface area contributed by atoms with Crippen LogP contribution in [0.2, 0.25) is 0 Å². The number of aryl methyl sites for hydroxylation is 1. The molecule has 1 aliphatic heterocycles. The first-order chi connectivity index (χ1) is 12.4. The van der Waals surface area contributed by atoms with Crippen molar-refractivity contribution in [2.24, 2.45) is 11.1 Å². The molecule has 1 atom stereocenters. The third-order valence-electron chi connectivity index (χ3n) is 4.71. The topological polar surface area (TPSA) is 111 Å². The molecular formula is C17H19N3O5S. The second-order valence-corrected chi connectivity index (χ2v) is 7.08. The highest BCUT2D eigenvalue weighted by Crippen LogP contribution is 2.32. The number of nitrogens with zero attached hydrogens (tertiary/aromatic N) is 2. The number of oxime groups is 1. The third-order valence-corrected chi connectivity index (χ3v) is 5.56. The molecule has 0 bridgehead atoms. The van der Waals surface area contributed by atoms with Crippen LogP contribution < -0.4 is 5.56 Å². The van der Waals surface area contributed by atoms with Crippen molar-refractivity contribution in [2.45, 2.75) is 33.7 Å². The lowest BCUT2D eigenvalue weighted by molar-refractivity contribution is 0.103. The number of rotatable bonds is 4. The lowest BCUT2D eigenvalue weighted by Gasteiger charge is -2.24. The highest BCUT2D eigenvalue weighted by molar-refractivity contribution is 7.73. The van der Waals surface area contributed by atoms with Gasteiger partial charge in [-0.05, 0) is 31.1 Å². The summed E-state index contributed by atoms with van der Waals surface area (Å²) < 4.78 is 24.7. The fourth-order valence-electron chi connectivity index (χ4n) is 3.33. The van der Waals surface area contributed by atoms with Crippen LogP contribution in [0.1, 0.15) is 37.6 Å². The van der Waals surface area contributed by atoms with Gasteiger partial charge in [0.1, 0.15) is 12.2 Å². The van der Waals surface area contributed by atoms with Crippen molar-refractivity contribution >= 4 is 26.7 Å². The van der Waals surface area contributed by atoms with E-state index in [-0.39, 0.29) is 16.0 Å². The Morgan fingerprint density at radius 3 is 2.73 bits per heavy atom. The molecule has 2 aliphatic rings. The number of ketones is 1. The van der Waals surface area contributed by atoms with Crippen LogP contribution in [0.3, 0.4) is 0 Å². The zero-order chi connectivity index (χ0) is 19.0. The average molecular weight is 377 g/mol. The second-order valence-electron chi connectivity index (χ2n) is 6.14. The number of aromatic nitrogens is 2. The van der Waals surface area contributed by atoms with E-state index in [9.17, 15) is 18.0 Å². The Bertz CT molecular complexity index is 1060. The van der Waals surface area contributed by atoms with Gasteiger partial charge < -0.3 is 9.94 Å².